The number of carbonyl (C=O) groups excluding carboxylic acids is 1. The molecule has 0 N–H and O–H groups in total. The van der Waals surface area contributed by atoms with Gasteiger partial charge in [-0.05, 0) is 63.9 Å². The predicted octanol–water partition coefficient (Wildman–Crippen LogP) is 2.92. The summed E-state index contributed by atoms with van der Waals surface area (Å²) in [5.41, 5.74) is 0.145. The van der Waals surface area contributed by atoms with Gasteiger partial charge < -0.3 is 4.90 Å². The van der Waals surface area contributed by atoms with Gasteiger partial charge in [0, 0.05) is 26.2 Å². The number of halogens is 3. The molecule has 0 aliphatic carbocycles. The van der Waals surface area contributed by atoms with Gasteiger partial charge in [-0.1, -0.05) is 0 Å². The van der Waals surface area contributed by atoms with Gasteiger partial charge in [0.15, 0.2) is 17.5 Å². The summed E-state index contributed by atoms with van der Waals surface area (Å²) >= 11 is 0. The molecule has 0 unspecified atom stereocenters. The minimum absolute atomic E-state index is 0.145. The van der Waals surface area contributed by atoms with Gasteiger partial charge in [-0.3, -0.25) is 14.6 Å². The Balaban J connectivity index is 1.40. The molecule has 7 heteroatoms. The molecule has 0 radical (unpaired) electrons. The molecule has 3 rings (SSSR count). The van der Waals surface area contributed by atoms with Gasteiger partial charge in [0.05, 0.1) is 12.2 Å². The lowest BCUT2D eigenvalue weighted by Crippen LogP contribution is -2.47. The third-order valence-corrected chi connectivity index (χ3v) is 5.73. The first-order valence-electron chi connectivity index (χ1n) is 9.76. The zero-order chi connectivity index (χ0) is 19.4. The molecule has 150 valence electrons. The Hall–Kier alpha value is -1.60. The zero-order valence-electron chi connectivity index (χ0n) is 15.9. The summed E-state index contributed by atoms with van der Waals surface area (Å²) in [5.74, 6) is -2.73. The van der Waals surface area contributed by atoms with Gasteiger partial charge in [0.1, 0.15) is 5.78 Å². The topological polar surface area (TPSA) is 26.8 Å². The van der Waals surface area contributed by atoms with Gasteiger partial charge in [0.25, 0.3) is 0 Å². The highest BCUT2D eigenvalue weighted by molar-refractivity contribution is 5.77. The van der Waals surface area contributed by atoms with E-state index in [0.29, 0.717) is 25.6 Å². The molecule has 0 amide bonds. The predicted molar refractivity (Wildman–Crippen MR) is 99.4 cm³/mol. The van der Waals surface area contributed by atoms with Crippen molar-refractivity contribution in [2.24, 2.45) is 5.92 Å². The number of hydrogen-bond acceptors (Lipinski definition) is 4. The van der Waals surface area contributed by atoms with Crippen LogP contribution >= 0.6 is 0 Å². The minimum atomic E-state index is -1.40. The lowest BCUT2D eigenvalue weighted by molar-refractivity contribution is -0.118. The maximum Gasteiger partial charge on any atom is 0.196 e. The van der Waals surface area contributed by atoms with Crippen molar-refractivity contribution in [3.05, 3.63) is 29.6 Å². The molecule has 0 spiro atoms. The average molecular weight is 383 g/mol. The van der Waals surface area contributed by atoms with Crippen molar-refractivity contribution < 1.29 is 18.0 Å². The van der Waals surface area contributed by atoms with Crippen LogP contribution < -0.4 is 4.90 Å². The van der Waals surface area contributed by atoms with Crippen molar-refractivity contribution in [2.75, 3.05) is 57.3 Å². The number of piperazine rings is 1. The molecule has 27 heavy (non-hydrogen) atoms. The summed E-state index contributed by atoms with van der Waals surface area (Å²) in [6.45, 7) is 8.00. The molecule has 0 aromatic heterocycles. The fraction of sp³-hybridized carbons (Fsp3) is 0.650. The van der Waals surface area contributed by atoms with Crippen molar-refractivity contribution in [3.63, 3.8) is 0 Å². The molecule has 2 aliphatic rings. The molecule has 1 aromatic rings. The van der Waals surface area contributed by atoms with E-state index in [1.54, 1.807) is 11.8 Å². The van der Waals surface area contributed by atoms with Crippen LogP contribution in [0.15, 0.2) is 12.1 Å². The van der Waals surface area contributed by atoms with Gasteiger partial charge in [-0.2, -0.15) is 0 Å². The number of benzene rings is 1. The van der Waals surface area contributed by atoms with Gasteiger partial charge in [-0.25, -0.2) is 13.2 Å². The third kappa shape index (κ3) is 5.23. The fourth-order valence-corrected chi connectivity index (χ4v) is 4.09. The molecule has 2 fully saturated rings. The summed E-state index contributed by atoms with van der Waals surface area (Å²) in [6, 6.07) is 2.30. The second-order valence-electron chi connectivity index (χ2n) is 7.73. The molecule has 0 bridgehead atoms. The normalized spacial score (nSPS) is 20.2. The van der Waals surface area contributed by atoms with E-state index in [1.807, 2.05) is 0 Å². The number of ketones is 1. The quantitative estimate of drug-likeness (QED) is 0.706. The Kier molecular flexibility index (Phi) is 6.76. The monoisotopic (exact) mass is 383 g/mol. The van der Waals surface area contributed by atoms with Crippen LogP contribution in [-0.4, -0.2) is 67.9 Å². The fourth-order valence-electron chi connectivity index (χ4n) is 4.09. The van der Waals surface area contributed by atoms with E-state index in [1.165, 1.54) is 6.07 Å². The first kappa shape index (κ1) is 20.1. The second kappa shape index (κ2) is 9.06. The Bertz CT molecular complexity index is 654. The second-order valence-corrected chi connectivity index (χ2v) is 7.73. The van der Waals surface area contributed by atoms with E-state index >= 15 is 0 Å². The van der Waals surface area contributed by atoms with Crippen LogP contribution in [0.3, 0.4) is 0 Å². The molecule has 2 aliphatic heterocycles. The molecular weight excluding hydrogens is 355 g/mol. The first-order valence-corrected chi connectivity index (χ1v) is 9.76. The smallest absolute Gasteiger partial charge is 0.196 e. The number of hydrogen-bond donors (Lipinski definition) is 0. The minimum Gasteiger partial charge on any atom is -0.367 e. The van der Waals surface area contributed by atoms with Crippen molar-refractivity contribution >= 4 is 11.5 Å². The van der Waals surface area contributed by atoms with Gasteiger partial charge in [-0.15, -0.1) is 0 Å². The standard InChI is InChI=1S/C20H28F3N3O/c1-15(27)14-25-8-5-16(6-9-25)4-7-24-10-12-26(13-11-24)18-3-2-17(21)19(22)20(18)23/h2-3,16H,4-14H2,1H3. The van der Waals surface area contributed by atoms with Crippen LogP contribution in [-0.2, 0) is 4.79 Å². The molecule has 2 heterocycles. The van der Waals surface area contributed by atoms with Crippen molar-refractivity contribution in [1.29, 1.82) is 0 Å². The van der Waals surface area contributed by atoms with Crippen LogP contribution in [0.2, 0.25) is 0 Å². The average Bonchev–Trinajstić information content (AvgIpc) is 2.66. The van der Waals surface area contributed by atoms with Gasteiger partial charge >= 0.3 is 0 Å². The van der Waals surface area contributed by atoms with E-state index in [9.17, 15) is 18.0 Å². The molecule has 0 saturated carbocycles. The van der Waals surface area contributed by atoms with Crippen molar-refractivity contribution in [3.8, 4) is 0 Å². The Morgan fingerprint density at radius 3 is 2.26 bits per heavy atom. The summed E-state index contributed by atoms with van der Waals surface area (Å²) in [6.07, 6.45) is 3.40. The van der Waals surface area contributed by atoms with E-state index in [-0.39, 0.29) is 11.5 Å². The van der Waals surface area contributed by atoms with E-state index < -0.39 is 17.5 Å². The molecule has 4 nitrogen and oxygen atoms in total. The Morgan fingerprint density at radius 1 is 0.963 bits per heavy atom. The Morgan fingerprint density at radius 2 is 1.63 bits per heavy atom. The maximum atomic E-state index is 14.0. The highest BCUT2D eigenvalue weighted by atomic mass is 19.2. The van der Waals surface area contributed by atoms with E-state index in [4.69, 9.17) is 0 Å². The van der Waals surface area contributed by atoms with Crippen molar-refractivity contribution in [2.45, 2.75) is 26.2 Å². The number of rotatable bonds is 6. The molecular formula is C20H28F3N3O. The number of Topliss-reactive ketones (excluding diaryl/α,β-unsaturated/α-hetero) is 1. The SMILES string of the molecule is CC(=O)CN1CCC(CCN2CCN(c3ccc(F)c(F)c3F)CC2)CC1. The number of nitrogens with zero attached hydrogens (tertiary/aromatic N) is 3. The number of anilines is 1. The molecule has 2 saturated heterocycles. The number of piperidine rings is 1. The van der Waals surface area contributed by atoms with Crippen molar-refractivity contribution in [1.82, 2.24) is 9.80 Å². The summed E-state index contributed by atoms with van der Waals surface area (Å²) in [7, 11) is 0. The van der Waals surface area contributed by atoms with Crippen LogP contribution in [0.5, 0.6) is 0 Å². The highest BCUT2D eigenvalue weighted by Crippen LogP contribution is 2.25. The first-order chi connectivity index (χ1) is 12.9. The zero-order valence-corrected chi connectivity index (χ0v) is 15.9. The molecule has 1 aromatic carbocycles. The lowest BCUT2D eigenvalue weighted by atomic mass is 9.93. The van der Waals surface area contributed by atoms with Crippen LogP contribution in [0.4, 0.5) is 18.9 Å². The lowest BCUT2D eigenvalue weighted by Gasteiger charge is -2.37. The summed E-state index contributed by atoms with van der Waals surface area (Å²) in [5, 5.41) is 0. The molecule has 0 atom stereocenters. The largest absolute Gasteiger partial charge is 0.367 e. The van der Waals surface area contributed by atoms with Crippen LogP contribution in [0.1, 0.15) is 26.2 Å². The Labute approximate surface area is 158 Å². The number of likely N-dealkylation sites (tertiary alicyclic amines) is 1. The number of carbonyl (C=O) groups is 1. The third-order valence-electron chi connectivity index (χ3n) is 5.73. The van der Waals surface area contributed by atoms with Crippen LogP contribution in [0, 0.1) is 23.4 Å². The maximum absolute atomic E-state index is 14.0. The van der Waals surface area contributed by atoms with Crippen LogP contribution in [0.25, 0.3) is 0 Å². The highest BCUT2D eigenvalue weighted by Gasteiger charge is 2.24. The van der Waals surface area contributed by atoms with E-state index in [2.05, 4.69) is 9.80 Å². The van der Waals surface area contributed by atoms with E-state index in [0.717, 1.165) is 58.1 Å². The van der Waals surface area contributed by atoms with Gasteiger partial charge in [0.2, 0.25) is 0 Å². The summed E-state index contributed by atoms with van der Waals surface area (Å²) < 4.78 is 40.5. The summed E-state index contributed by atoms with van der Waals surface area (Å²) in [4.78, 5) is 17.6.